The maximum absolute atomic E-state index is 10.0. The highest BCUT2D eigenvalue weighted by atomic mass is 16.4. The average molecular weight is 264 g/mol. The van der Waals surface area contributed by atoms with E-state index >= 15 is 0 Å². The Balaban J connectivity index is 0.000000342. The number of benzene rings is 1. The van der Waals surface area contributed by atoms with E-state index in [2.05, 4.69) is 45.0 Å². The predicted molar refractivity (Wildman–Crippen MR) is 81.5 cm³/mol. The topological polar surface area (TPSA) is 37.3 Å². The highest BCUT2D eigenvalue weighted by Crippen LogP contribution is 2.11. The van der Waals surface area contributed by atoms with Gasteiger partial charge in [0.05, 0.1) is 0 Å². The monoisotopic (exact) mass is 264 g/mol. The minimum absolute atomic E-state index is 0.337. The van der Waals surface area contributed by atoms with Crippen molar-refractivity contribution in [1.82, 2.24) is 0 Å². The smallest absolute Gasteiger partial charge is 0.303 e. The van der Waals surface area contributed by atoms with E-state index < -0.39 is 5.97 Å². The Morgan fingerprint density at radius 2 is 1.63 bits per heavy atom. The van der Waals surface area contributed by atoms with Gasteiger partial charge in [0.25, 0.3) is 0 Å². The van der Waals surface area contributed by atoms with Crippen LogP contribution in [0.15, 0.2) is 30.3 Å². The van der Waals surface area contributed by atoms with Gasteiger partial charge < -0.3 is 5.11 Å². The van der Waals surface area contributed by atoms with Gasteiger partial charge in [0.1, 0.15) is 0 Å². The first-order valence-corrected chi connectivity index (χ1v) is 7.34. The van der Waals surface area contributed by atoms with Crippen LogP contribution in [0.5, 0.6) is 0 Å². The lowest BCUT2D eigenvalue weighted by atomic mass is 10.0. The third kappa shape index (κ3) is 11.5. The number of carboxylic acid groups (broad SMARTS) is 1. The molecule has 0 amide bonds. The molecule has 108 valence electrons. The molecule has 0 fully saturated rings. The van der Waals surface area contributed by atoms with Crippen LogP contribution in [-0.4, -0.2) is 11.1 Å². The molecule has 0 spiro atoms. The van der Waals surface area contributed by atoms with E-state index in [4.69, 9.17) is 5.11 Å². The summed E-state index contributed by atoms with van der Waals surface area (Å²) >= 11 is 0. The second-order valence-corrected chi connectivity index (χ2v) is 5.12. The minimum atomic E-state index is -0.670. The first-order chi connectivity index (χ1) is 9.07. The van der Waals surface area contributed by atoms with Crippen LogP contribution in [0, 0.1) is 0 Å². The lowest BCUT2D eigenvalue weighted by molar-refractivity contribution is -0.137. The average Bonchev–Trinajstić information content (AvgIpc) is 2.40. The number of aliphatic carboxylic acids is 1. The van der Waals surface area contributed by atoms with Gasteiger partial charge in [-0.05, 0) is 17.9 Å². The normalized spacial score (nSPS) is 9.89. The molecule has 0 aliphatic heterocycles. The summed E-state index contributed by atoms with van der Waals surface area (Å²) in [4.78, 5) is 10.0. The molecular weight excluding hydrogens is 236 g/mol. The van der Waals surface area contributed by atoms with Gasteiger partial charge in [-0.25, -0.2) is 0 Å². The molecule has 2 heteroatoms. The lowest BCUT2D eigenvalue weighted by Gasteiger charge is -2.01. The maximum Gasteiger partial charge on any atom is 0.303 e. The van der Waals surface area contributed by atoms with Crippen LogP contribution in [0.4, 0.5) is 0 Å². The maximum atomic E-state index is 10.0. The molecule has 0 atom stereocenters. The van der Waals surface area contributed by atoms with Gasteiger partial charge in [0.15, 0.2) is 0 Å². The van der Waals surface area contributed by atoms with Crippen LogP contribution in [0.2, 0.25) is 0 Å². The second kappa shape index (κ2) is 11.8. The van der Waals surface area contributed by atoms with E-state index in [0.717, 1.165) is 12.8 Å². The van der Waals surface area contributed by atoms with Crippen molar-refractivity contribution in [2.24, 2.45) is 0 Å². The van der Waals surface area contributed by atoms with Crippen LogP contribution in [-0.2, 0) is 4.79 Å². The fraction of sp³-hybridized carbons (Fsp3) is 0.588. The Morgan fingerprint density at radius 3 is 2.05 bits per heavy atom. The molecule has 1 aromatic rings. The first-order valence-electron chi connectivity index (χ1n) is 7.34. The van der Waals surface area contributed by atoms with Gasteiger partial charge in [0.2, 0.25) is 0 Å². The van der Waals surface area contributed by atoms with Crippen LogP contribution in [0.25, 0.3) is 0 Å². The molecule has 1 aromatic carbocycles. The van der Waals surface area contributed by atoms with Crippen molar-refractivity contribution in [1.29, 1.82) is 0 Å². The fourth-order valence-corrected chi connectivity index (χ4v) is 1.72. The Labute approximate surface area is 117 Å². The molecule has 0 heterocycles. The third-order valence-electron chi connectivity index (χ3n) is 2.96. The summed E-state index contributed by atoms with van der Waals surface area (Å²) in [5.41, 5.74) is 1.41. The molecule has 0 aliphatic carbocycles. The highest BCUT2D eigenvalue weighted by Gasteiger charge is 1.95. The Hall–Kier alpha value is -1.31. The molecule has 2 nitrogen and oxygen atoms in total. The van der Waals surface area contributed by atoms with Gasteiger partial charge in [-0.3, -0.25) is 4.79 Å². The molecular formula is C17H28O2. The number of carbonyl (C=O) groups is 1. The number of carboxylic acids is 1. The van der Waals surface area contributed by atoms with Crippen LogP contribution in [0.1, 0.15) is 70.8 Å². The van der Waals surface area contributed by atoms with E-state index in [1.54, 1.807) is 0 Å². The lowest BCUT2D eigenvalue weighted by Crippen LogP contribution is -1.93. The Morgan fingerprint density at radius 1 is 1.05 bits per heavy atom. The molecule has 1 rings (SSSR count). The zero-order valence-electron chi connectivity index (χ0n) is 12.6. The Bertz CT molecular complexity index is 317. The van der Waals surface area contributed by atoms with E-state index in [-0.39, 0.29) is 0 Å². The largest absolute Gasteiger partial charge is 0.481 e. The number of rotatable bonds is 7. The predicted octanol–water partition coefficient (Wildman–Crippen LogP) is 5.24. The number of hydrogen-bond donors (Lipinski definition) is 1. The van der Waals surface area contributed by atoms with Crippen molar-refractivity contribution < 1.29 is 9.90 Å². The number of unbranched alkanes of at least 4 members (excludes halogenated alkanes) is 4. The van der Waals surface area contributed by atoms with E-state index in [1.807, 2.05) is 6.07 Å². The van der Waals surface area contributed by atoms with E-state index in [0.29, 0.717) is 12.3 Å². The van der Waals surface area contributed by atoms with E-state index in [1.165, 1.54) is 24.8 Å². The van der Waals surface area contributed by atoms with Gasteiger partial charge in [-0.2, -0.15) is 0 Å². The number of hydrogen-bond acceptors (Lipinski definition) is 1. The fourth-order valence-electron chi connectivity index (χ4n) is 1.72. The molecule has 19 heavy (non-hydrogen) atoms. The minimum Gasteiger partial charge on any atom is -0.481 e. The van der Waals surface area contributed by atoms with Crippen molar-refractivity contribution >= 4 is 5.97 Å². The van der Waals surface area contributed by atoms with Crippen molar-refractivity contribution in [3.63, 3.8) is 0 Å². The summed E-state index contributed by atoms with van der Waals surface area (Å²) < 4.78 is 0. The summed E-state index contributed by atoms with van der Waals surface area (Å²) in [7, 11) is 0. The molecule has 0 aromatic heterocycles. The van der Waals surface area contributed by atoms with Crippen LogP contribution < -0.4 is 0 Å². The van der Waals surface area contributed by atoms with Crippen LogP contribution >= 0.6 is 0 Å². The third-order valence-corrected chi connectivity index (χ3v) is 2.96. The van der Waals surface area contributed by atoms with Crippen molar-refractivity contribution in [3.8, 4) is 0 Å². The molecule has 1 N–H and O–H groups in total. The molecule has 0 saturated heterocycles. The zero-order chi connectivity index (χ0) is 14.5. The summed E-state index contributed by atoms with van der Waals surface area (Å²) in [5, 5.41) is 8.27. The summed E-state index contributed by atoms with van der Waals surface area (Å²) in [6.45, 7) is 6.56. The molecule has 0 saturated carbocycles. The van der Waals surface area contributed by atoms with Gasteiger partial charge in [0, 0.05) is 6.42 Å². The molecule has 0 radical (unpaired) electrons. The van der Waals surface area contributed by atoms with Gasteiger partial charge in [-0.1, -0.05) is 76.8 Å². The summed E-state index contributed by atoms with van der Waals surface area (Å²) in [6, 6.07) is 10.5. The summed E-state index contributed by atoms with van der Waals surface area (Å²) in [5.74, 6) is -0.0114. The molecule has 0 bridgehead atoms. The van der Waals surface area contributed by atoms with Crippen molar-refractivity contribution in [2.75, 3.05) is 0 Å². The van der Waals surface area contributed by atoms with Crippen LogP contribution in [0.3, 0.4) is 0 Å². The van der Waals surface area contributed by atoms with Gasteiger partial charge >= 0.3 is 5.97 Å². The SMILES string of the molecule is CC(C)c1ccccc1.CCCCCCCC(=O)O. The summed E-state index contributed by atoms with van der Waals surface area (Å²) in [6.07, 6.45) is 5.88. The Kier molecular flexibility index (Phi) is 11.0. The van der Waals surface area contributed by atoms with E-state index in [9.17, 15) is 4.79 Å². The highest BCUT2D eigenvalue weighted by molar-refractivity contribution is 5.66. The second-order valence-electron chi connectivity index (χ2n) is 5.12. The molecule has 0 unspecified atom stereocenters. The molecule has 0 aliphatic rings. The first kappa shape index (κ1) is 17.7. The van der Waals surface area contributed by atoms with Crippen molar-refractivity contribution in [2.45, 2.75) is 65.2 Å². The zero-order valence-corrected chi connectivity index (χ0v) is 12.6. The quantitative estimate of drug-likeness (QED) is 0.684. The standard InChI is InChI=1S/C9H12.C8H16O2/c1-8(2)9-6-4-3-5-7-9;1-2-3-4-5-6-7-8(9)10/h3-8H,1-2H3;2-7H2,1H3,(H,9,10). The van der Waals surface area contributed by atoms with Crippen molar-refractivity contribution in [3.05, 3.63) is 35.9 Å². The van der Waals surface area contributed by atoms with Gasteiger partial charge in [-0.15, -0.1) is 0 Å².